The number of hydrogen-bond donors (Lipinski definition) is 3. The molecule has 0 aliphatic rings. The van der Waals surface area contributed by atoms with E-state index in [1.54, 1.807) is 18.0 Å². The van der Waals surface area contributed by atoms with E-state index in [9.17, 15) is 0 Å². The molecule has 6 nitrogen and oxygen atoms in total. The Hall–Kier alpha value is -2.28. The van der Waals surface area contributed by atoms with E-state index in [-0.39, 0.29) is 0 Å². The van der Waals surface area contributed by atoms with E-state index in [1.165, 1.54) is 6.33 Å². The predicted octanol–water partition coefficient (Wildman–Crippen LogP) is 2.29. The number of hydrogen-bond acceptors (Lipinski definition) is 5. The van der Waals surface area contributed by atoms with Crippen molar-refractivity contribution in [3.05, 3.63) is 48.8 Å². The summed E-state index contributed by atoms with van der Waals surface area (Å²) in [4.78, 5) is 12.4. The van der Waals surface area contributed by atoms with Crippen LogP contribution in [-0.2, 0) is 6.54 Å². The predicted molar refractivity (Wildman–Crippen MR) is 72.9 cm³/mol. The molecule has 0 amide bonds. The Morgan fingerprint density at radius 3 is 2.74 bits per heavy atom. The van der Waals surface area contributed by atoms with E-state index >= 15 is 0 Å². The molecule has 19 heavy (non-hydrogen) atoms. The second-order valence-electron chi connectivity index (χ2n) is 3.81. The largest absolute Gasteiger partial charge is 0.378 e. The van der Waals surface area contributed by atoms with Gasteiger partial charge in [-0.2, -0.15) is 5.10 Å². The fourth-order valence-electron chi connectivity index (χ4n) is 1.58. The first-order valence-corrected chi connectivity index (χ1v) is 6.57. The van der Waals surface area contributed by atoms with Gasteiger partial charge in [0.25, 0.3) is 0 Å². The van der Waals surface area contributed by atoms with Crippen LogP contribution in [0.25, 0.3) is 0 Å². The first kappa shape index (κ1) is 11.8. The molecule has 3 N–H and O–H groups in total. The highest BCUT2D eigenvalue weighted by atomic mass is 32.2. The lowest BCUT2D eigenvalue weighted by Gasteiger charge is -2.05. The summed E-state index contributed by atoms with van der Waals surface area (Å²) in [7, 11) is 0. The zero-order valence-electron chi connectivity index (χ0n) is 10.00. The van der Waals surface area contributed by atoms with Gasteiger partial charge < -0.3 is 10.3 Å². The Balaban J connectivity index is 1.59. The minimum Gasteiger partial charge on any atom is -0.378 e. The average Bonchev–Trinajstić information content (AvgIpc) is 3.11. The van der Waals surface area contributed by atoms with Crippen molar-refractivity contribution in [2.45, 2.75) is 16.6 Å². The van der Waals surface area contributed by atoms with Crippen LogP contribution in [0.15, 0.2) is 53.0 Å². The number of nitrogens with zero attached hydrogens (tertiary/aromatic N) is 3. The van der Waals surface area contributed by atoms with E-state index in [0.717, 1.165) is 21.6 Å². The molecule has 0 spiro atoms. The minimum absolute atomic E-state index is 0.682. The highest BCUT2D eigenvalue weighted by Crippen LogP contribution is 2.25. The third kappa shape index (κ3) is 3.14. The molecule has 0 saturated carbocycles. The van der Waals surface area contributed by atoms with Gasteiger partial charge in [0, 0.05) is 23.0 Å². The quantitative estimate of drug-likeness (QED) is 0.664. The van der Waals surface area contributed by atoms with Gasteiger partial charge in [-0.15, -0.1) is 0 Å². The highest BCUT2D eigenvalue weighted by molar-refractivity contribution is 7.99. The van der Waals surface area contributed by atoms with E-state index < -0.39 is 0 Å². The van der Waals surface area contributed by atoms with Gasteiger partial charge in [0.1, 0.15) is 12.2 Å². The zero-order valence-corrected chi connectivity index (χ0v) is 10.8. The molecule has 0 radical (unpaired) electrons. The third-order valence-corrected chi connectivity index (χ3v) is 3.37. The van der Waals surface area contributed by atoms with Gasteiger partial charge in [-0.3, -0.25) is 5.10 Å². The van der Waals surface area contributed by atoms with E-state index in [0.29, 0.717) is 6.54 Å². The lowest BCUT2D eigenvalue weighted by atomic mass is 10.3. The van der Waals surface area contributed by atoms with Crippen molar-refractivity contribution in [3.8, 4) is 0 Å². The maximum absolute atomic E-state index is 4.16. The van der Waals surface area contributed by atoms with Crippen LogP contribution in [-0.4, -0.2) is 25.1 Å². The zero-order chi connectivity index (χ0) is 12.9. The van der Waals surface area contributed by atoms with E-state index in [1.807, 2.05) is 30.5 Å². The van der Waals surface area contributed by atoms with Crippen molar-refractivity contribution < 1.29 is 0 Å². The summed E-state index contributed by atoms with van der Waals surface area (Å²) in [6.45, 7) is 0.682. The van der Waals surface area contributed by atoms with Crippen LogP contribution in [0.2, 0.25) is 0 Å². The molecule has 0 aliphatic heterocycles. The van der Waals surface area contributed by atoms with Crippen LogP contribution in [0.4, 0.5) is 5.69 Å². The number of aromatic nitrogens is 5. The molecule has 1 aromatic carbocycles. The van der Waals surface area contributed by atoms with Crippen molar-refractivity contribution in [2.75, 3.05) is 5.32 Å². The molecule has 0 bridgehead atoms. The highest BCUT2D eigenvalue weighted by Gasteiger charge is 2.00. The molecule has 7 heteroatoms. The van der Waals surface area contributed by atoms with Gasteiger partial charge in [-0.05, 0) is 24.3 Å². The molecular formula is C12H12N6S. The first-order valence-electron chi connectivity index (χ1n) is 5.75. The fraction of sp³-hybridized carbons (Fsp3) is 0.0833. The average molecular weight is 272 g/mol. The summed E-state index contributed by atoms with van der Waals surface area (Å²) in [6, 6.07) is 8.14. The summed E-state index contributed by atoms with van der Waals surface area (Å²) < 4.78 is 0. The topological polar surface area (TPSA) is 82.3 Å². The van der Waals surface area contributed by atoms with Crippen LogP contribution < -0.4 is 5.32 Å². The molecule has 0 unspecified atom stereocenters. The normalized spacial score (nSPS) is 10.5. The Bertz CT molecular complexity index is 602. The third-order valence-electron chi connectivity index (χ3n) is 2.48. The van der Waals surface area contributed by atoms with Crippen LogP contribution in [0, 0.1) is 0 Å². The van der Waals surface area contributed by atoms with Crippen molar-refractivity contribution in [2.24, 2.45) is 0 Å². The molecular weight excluding hydrogens is 260 g/mol. The SMILES string of the molecule is c1c[nH]c(CNc2ccc(Sc3ncn[nH]3)cc2)n1. The Morgan fingerprint density at radius 2 is 2.05 bits per heavy atom. The number of H-pyrrole nitrogens is 2. The van der Waals surface area contributed by atoms with Gasteiger partial charge in [0.15, 0.2) is 5.16 Å². The minimum atomic E-state index is 0.682. The first-order chi connectivity index (χ1) is 9.40. The molecule has 96 valence electrons. The number of rotatable bonds is 5. The van der Waals surface area contributed by atoms with Crippen LogP contribution in [0.1, 0.15) is 5.82 Å². The Labute approximate surface area is 114 Å². The van der Waals surface area contributed by atoms with E-state index in [2.05, 4.69) is 30.5 Å². The second-order valence-corrected chi connectivity index (χ2v) is 4.87. The summed E-state index contributed by atoms with van der Waals surface area (Å²) in [5, 5.41) is 10.7. The number of imidazole rings is 1. The van der Waals surface area contributed by atoms with E-state index in [4.69, 9.17) is 0 Å². The molecule has 2 aromatic heterocycles. The lowest BCUT2D eigenvalue weighted by Crippen LogP contribution is -2.00. The summed E-state index contributed by atoms with van der Waals surface area (Å²) in [6.07, 6.45) is 5.06. The number of nitrogens with one attached hydrogen (secondary N) is 3. The monoisotopic (exact) mass is 272 g/mol. The fourth-order valence-corrected chi connectivity index (χ4v) is 2.27. The number of benzene rings is 1. The molecule has 2 heterocycles. The maximum atomic E-state index is 4.16. The summed E-state index contributed by atoms with van der Waals surface area (Å²) >= 11 is 1.54. The smallest absolute Gasteiger partial charge is 0.188 e. The van der Waals surface area contributed by atoms with Gasteiger partial charge in [-0.25, -0.2) is 9.97 Å². The van der Waals surface area contributed by atoms with Gasteiger partial charge >= 0.3 is 0 Å². The standard InChI is InChI=1S/C12H12N6S/c1-3-10(19-12-16-8-17-18-12)4-2-9(1)15-7-11-13-5-6-14-11/h1-6,8,15H,7H2,(H,13,14)(H,16,17,18). The van der Waals surface area contributed by atoms with Crippen molar-refractivity contribution in [1.82, 2.24) is 25.1 Å². The van der Waals surface area contributed by atoms with Gasteiger partial charge in [0.05, 0.1) is 6.54 Å². The Kier molecular flexibility index (Phi) is 3.46. The molecule has 3 rings (SSSR count). The van der Waals surface area contributed by atoms with Crippen LogP contribution in [0.3, 0.4) is 0 Å². The van der Waals surface area contributed by atoms with Crippen LogP contribution >= 0.6 is 11.8 Å². The molecule has 0 atom stereocenters. The maximum Gasteiger partial charge on any atom is 0.188 e. The van der Waals surface area contributed by atoms with Crippen molar-refractivity contribution >= 4 is 17.4 Å². The number of aromatic amines is 2. The van der Waals surface area contributed by atoms with Crippen molar-refractivity contribution in [3.63, 3.8) is 0 Å². The summed E-state index contributed by atoms with van der Waals surface area (Å²) in [5.74, 6) is 0.917. The molecule has 3 aromatic rings. The van der Waals surface area contributed by atoms with Gasteiger partial charge in [-0.1, -0.05) is 11.8 Å². The lowest BCUT2D eigenvalue weighted by molar-refractivity contribution is 0.973. The Morgan fingerprint density at radius 1 is 1.16 bits per heavy atom. The van der Waals surface area contributed by atoms with Crippen molar-refractivity contribution in [1.29, 1.82) is 0 Å². The number of anilines is 1. The molecule has 0 saturated heterocycles. The molecule has 0 aliphatic carbocycles. The van der Waals surface area contributed by atoms with Crippen LogP contribution in [0.5, 0.6) is 0 Å². The van der Waals surface area contributed by atoms with Gasteiger partial charge in [0.2, 0.25) is 0 Å². The second kappa shape index (κ2) is 5.57. The molecule has 0 fully saturated rings. The summed E-state index contributed by atoms with van der Waals surface area (Å²) in [5.41, 5.74) is 1.05.